The molecular weight excluding hydrogens is 188 g/mol. The molecule has 1 aliphatic carbocycles. The van der Waals surface area contributed by atoms with Crippen molar-refractivity contribution in [3.05, 3.63) is 11.4 Å². The largest absolute Gasteiger partial charge is 0.244 e. The smallest absolute Gasteiger partial charge is 0.111 e. The first-order valence-electron chi connectivity index (χ1n) is 6.19. The lowest BCUT2D eigenvalue weighted by Gasteiger charge is -2.11. The van der Waals surface area contributed by atoms with E-state index in [1.165, 1.54) is 32.1 Å². The van der Waals surface area contributed by atoms with Gasteiger partial charge >= 0.3 is 0 Å². The molecule has 1 aromatic heterocycles. The van der Waals surface area contributed by atoms with Crippen LogP contribution in [0.25, 0.3) is 0 Å². The van der Waals surface area contributed by atoms with Crippen LogP contribution in [0.4, 0.5) is 0 Å². The topological polar surface area (TPSA) is 38.9 Å². The molecule has 1 atom stereocenters. The Hall–Kier alpha value is -0.860. The van der Waals surface area contributed by atoms with Gasteiger partial charge in [-0.3, -0.25) is 0 Å². The van der Waals surface area contributed by atoms with E-state index < -0.39 is 0 Å². The predicted octanol–water partition coefficient (Wildman–Crippen LogP) is 3.63. The molecule has 1 aromatic rings. The van der Waals surface area contributed by atoms with Gasteiger partial charge in [-0.25, -0.2) is 4.63 Å². The Morgan fingerprint density at radius 2 is 2.13 bits per heavy atom. The van der Waals surface area contributed by atoms with Crippen LogP contribution < -0.4 is 0 Å². The van der Waals surface area contributed by atoms with Crippen molar-refractivity contribution >= 4 is 0 Å². The lowest BCUT2D eigenvalue weighted by molar-refractivity contribution is 0.297. The maximum Gasteiger partial charge on any atom is 0.111 e. The van der Waals surface area contributed by atoms with Gasteiger partial charge in [0.1, 0.15) is 11.4 Å². The number of aromatic nitrogens is 2. The van der Waals surface area contributed by atoms with E-state index in [1.54, 1.807) is 0 Å². The molecule has 1 heterocycles. The van der Waals surface area contributed by atoms with Gasteiger partial charge in [-0.1, -0.05) is 37.0 Å². The second-order valence-corrected chi connectivity index (χ2v) is 4.56. The summed E-state index contributed by atoms with van der Waals surface area (Å²) >= 11 is 0. The van der Waals surface area contributed by atoms with Gasteiger partial charge in [0.2, 0.25) is 0 Å². The summed E-state index contributed by atoms with van der Waals surface area (Å²) in [6.07, 6.45) is 7.43. The SMILES string of the molecule is CCCCC(CC)c1nonc1C1CC1. The van der Waals surface area contributed by atoms with E-state index in [1.807, 2.05) is 0 Å². The molecule has 0 bridgehead atoms. The average Bonchev–Trinajstić information content (AvgIpc) is 2.99. The van der Waals surface area contributed by atoms with Crippen molar-refractivity contribution < 1.29 is 4.63 Å². The van der Waals surface area contributed by atoms with Crippen LogP contribution in [0.2, 0.25) is 0 Å². The third-order valence-corrected chi connectivity index (χ3v) is 3.29. The van der Waals surface area contributed by atoms with Gasteiger partial charge in [-0.2, -0.15) is 0 Å². The molecule has 3 nitrogen and oxygen atoms in total. The molecule has 1 saturated carbocycles. The molecule has 0 radical (unpaired) electrons. The van der Waals surface area contributed by atoms with Crippen molar-refractivity contribution in [2.24, 2.45) is 0 Å². The van der Waals surface area contributed by atoms with Gasteiger partial charge in [-0.15, -0.1) is 0 Å². The maximum atomic E-state index is 4.91. The van der Waals surface area contributed by atoms with Crippen molar-refractivity contribution in [3.8, 4) is 0 Å². The molecule has 0 spiro atoms. The number of hydrogen-bond donors (Lipinski definition) is 0. The molecular formula is C12H20N2O. The number of rotatable bonds is 6. The number of unbranched alkanes of at least 4 members (excludes halogenated alkanes) is 1. The Morgan fingerprint density at radius 3 is 2.73 bits per heavy atom. The maximum absolute atomic E-state index is 4.91. The molecule has 0 saturated heterocycles. The van der Waals surface area contributed by atoms with Crippen molar-refractivity contribution in [2.75, 3.05) is 0 Å². The summed E-state index contributed by atoms with van der Waals surface area (Å²) in [6.45, 7) is 4.46. The van der Waals surface area contributed by atoms with Crippen molar-refractivity contribution in [1.29, 1.82) is 0 Å². The molecule has 15 heavy (non-hydrogen) atoms. The van der Waals surface area contributed by atoms with Crippen LogP contribution in [0.1, 0.15) is 75.6 Å². The predicted molar refractivity (Wildman–Crippen MR) is 58.8 cm³/mol. The van der Waals surface area contributed by atoms with E-state index in [-0.39, 0.29) is 0 Å². The molecule has 84 valence electrons. The fourth-order valence-electron chi connectivity index (χ4n) is 2.11. The molecule has 2 rings (SSSR count). The van der Waals surface area contributed by atoms with E-state index in [2.05, 4.69) is 24.2 Å². The summed E-state index contributed by atoms with van der Waals surface area (Å²) in [4.78, 5) is 0. The summed E-state index contributed by atoms with van der Waals surface area (Å²) in [7, 11) is 0. The summed E-state index contributed by atoms with van der Waals surface area (Å²) in [6, 6.07) is 0. The van der Waals surface area contributed by atoms with E-state index in [4.69, 9.17) is 4.63 Å². The summed E-state index contributed by atoms with van der Waals surface area (Å²) in [5.41, 5.74) is 2.30. The Balaban J connectivity index is 2.07. The average molecular weight is 208 g/mol. The summed E-state index contributed by atoms with van der Waals surface area (Å²) in [5.74, 6) is 1.22. The zero-order valence-corrected chi connectivity index (χ0v) is 9.70. The molecule has 0 aromatic carbocycles. The highest BCUT2D eigenvalue weighted by molar-refractivity contribution is 5.21. The monoisotopic (exact) mass is 208 g/mol. The first kappa shape index (κ1) is 10.7. The lowest BCUT2D eigenvalue weighted by Crippen LogP contribution is -2.01. The van der Waals surface area contributed by atoms with Crippen LogP contribution in [-0.2, 0) is 0 Å². The number of hydrogen-bond acceptors (Lipinski definition) is 3. The van der Waals surface area contributed by atoms with Crippen LogP contribution in [-0.4, -0.2) is 10.3 Å². The van der Waals surface area contributed by atoms with Gasteiger partial charge < -0.3 is 0 Å². The molecule has 0 N–H and O–H groups in total. The van der Waals surface area contributed by atoms with Gasteiger partial charge in [0.25, 0.3) is 0 Å². The Labute approximate surface area is 91.2 Å². The normalized spacial score (nSPS) is 18.0. The van der Waals surface area contributed by atoms with Crippen LogP contribution in [0, 0.1) is 0 Å². The number of nitrogens with zero attached hydrogens (tertiary/aromatic N) is 2. The first-order valence-corrected chi connectivity index (χ1v) is 6.19. The van der Waals surface area contributed by atoms with E-state index in [0.29, 0.717) is 11.8 Å². The zero-order valence-electron chi connectivity index (χ0n) is 9.70. The zero-order chi connectivity index (χ0) is 10.7. The lowest BCUT2D eigenvalue weighted by atomic mass is 9.93. The molecule has 1 unspecified atom stereocenters. The third-order valence-electron chi connectivity index (χ3n) is 3.29. The fourth-order valence-corrected chi connectivity index (χ4v) is 2.11. The van der Waals surface area contributed by atoms with E-state index >= 15 is 0 Å². The summed E-state index contributed by atoms with van der Waals surface area (Å²) < 4.78 is 4.91. The molecule has 0 amide bonds. The van der Waals surface area contributed by atoms with Crippen molar-refractivity contribution in [1.82, 2.24) is 10.3 Å². The third kappa shape index (κ3) is 2.39. The van der Waals surface area contributed by atoms with Gasteiger partial charge in [0.05, 0.1) is 0 Å². The Bertz CT molecular complexity index is 304. The van der Waals surface area contributed by atoms with Gasteiger partial charge in [0.15, 0.2) is 0 Å². The van der Waals surface area contributed by atoms with E-state index in [0.717, 1.165) is 17.8 Å². The minimum atomic E-state index is 0.562. The highest BCUT2D eigenvalue weighted by Gasteiger charge is 2.32. The second-order valence-electron chi connectivity index (χ2n) is 4.56. The van der Waals surface area contributed by atoms with Gasteiger partial charge in [-0.05, 0) is 25.7 Å². The minimum Gasteiger partial charge on any atom is -0.244 e. The molecule has 1 aliphatic rings. The van der Waals surface area contributed by atoms with Crippen LogP contribution in [0.5, 0.6) is 0 Å². The quantitative estimate of drug-likeness (QED) is 0.716. The molecule has 3 heteroatoms. The Morgan fingerprint density at radius 1 is 1.33 bits per heavy atom. The Kier molecular flexibility index (Phi) is 3.39. The van der Waals surface area contributed by atoms with Crippen molar-refractivity contribution in [2.45, 2.75) is 64.2 Å². The summed E-state index contributed by atoms with van der Waals surface area (Å²) in [5, 5.41) is 8.18. The standard InChI is InChI=1S/C12H20N2O/c1-3-5-6-9(4-2)11-12(10-7-8-10)14-15-13-11/h9-10H,3-8H2,1-2H3. The van der Waals surface area contributed by atoms with Gasteiger partial charge in [0, 0.05) is 11.8 Å². The van der Waals surface area contributed by atoms with Crippen molar-refractivity contribution in [3.63, 3.8) is 0 Å². The fraction of sp³-hybridized carbons (Fsp3) is 0.833. The second kappa shape index (κ2) is 4.77. The van der Waals surface area contributed by atoms with Crippen LogP contribution in [0.15, 0.2) is 4.63 Å². The minimum absolute atomic E-state index is 0.562. The van der Waals surface area contributed by atoms with Crippen LogP contribution in [0.3, 0.4) is 0 Å². The molecule has 1 fully saturated rings. The highest BCUT2D eigenvalue weighted by Crippen LogP contribution is 2.42. The first-order chi connectivity index (χ1) is 7.36. The van der Waals surface area contributed by atoms with E-state index in [9.17, 15) is 0 Å². The van der Waals surface area contributed by atoms with Crippen LogP contribution >= 0.6 is 0 Å². The molecule has 0 aliphatic heterocycles. The highest BCUT2D eigenvalue weighted by atomic mass is 16.6.